The molecule has 1 aliphatic rings. The predicted octanol–water partition coefficient (Wildman–Crippen LogP) is 3.73. The normalized spacial score (nSPS) is 13.5. The second-order valence-corrected chi connectivity index (χ2v) is 6.04. The van der Waals surface area contributed by atoms with Crippen molar-refractivity contribution >= 4 is 28.6 Å². The van der Waals surface area contributed by atoms with Crippen molar-refractivity contribution < 1.29 is 19.0 Å². The van der Waals surface area contributed by atoms with Gasteiger partial charge in [0, 0.05) is 24.2 Å². The number of nitrogens with zero attached hydrogens (tertiary/aromatic N) is 1. The van der Waals surface area contributed by atoms with E-state index in [2.05, 4.69) is 9.97 Å². The predicted molar refractivity (Wildman–Crippen MR) is 92.3 cm³/mol. The zero-order chi connectivity index (χ0) is 17.2. The molecule has 128 valence electrons. The van der Waals surface area contributed by atoms with Crippen LogP contribution in [0.5, 0.6) is 11.5 Å². The first-order chi connectivity index (χ1) is 12.2. The molecule has 0 saturated heterocycles. The van der Waals surface area contributed by atoms with Crippen molar-refractivity contribution in [2.45, 2.75) is 13.0 Å². The molecule has 0 unspecified atom stereocenters. The van der Waals surface area contributed by atoms with Crippen LogP contribution in [0, 0.1) is 0 Å². The van der Waals surface area contributed by atoms with Gasteiger partial charge in [-0.3, -0.25) is 0 Å². The van der Waals surface area contributed by atoms with Crippen LogP contribution in [0.3, 0.4) is 0 Å². The molecule has 0 spiro atoms. The van der Waals surface area contributed by atoms with E-state index in [-0.39, 0.29) is 6.61 Å². The maximum Gasteiger partial charge on any atom is 0.339 e. The lowest BCUT2D eigenvalue weighted by Crippen LogP contribution is -2.06. The van der Waals surface area contributed by atoms with Gasteiger partial charge in [0.2, 0.25) is 0 Å². The second-order valence-electron chi connectivity index (χ2n) is 5.63. The summed E-state index contributed by atoms with van der Waals surface area (Å²) in [6.07, 6.45) is 4.10. The van der Waals surface area contributed by atoms with Crippen LogP contribution in [0.15, 0.2) is 36.7 Å². The molecule has 3 aromatic rings. The Hall–Kier alpha value is -2.73. The van der Waals surface area contributed by atoms with Crippen molar-refractivity contribution in [1.29, 1.82) is 0 Å². The summed E-state index contributed by atoms with van der Waals surface area (Å²) in [5.41, 5.74) is 1.85. The van der Waals surface area contributed by atoms with E-state index in [1.54, 1.807) is 36.7 Å². The molecule has 7 heteroatoms. The minimum atomic E-state index is -0.421. The third kappa shape index (κ3) is 3.13. The molecule has 0 atom stereocenters. The Morgan fingerprint density at radius 3 is 3.08 bits per heavy atom. The Kier molecular flexibility index (Phi) is 4.19. The smallest absolute Gasteiger partial charge is 0.339 e. The fourth-order valence-electron chi connectivity index (χ4n) is 2.73. The standard InChI is InChI=1S/C18H15ClN2O4/c19-14-8-11(9-15-16(14)24-7-1-6-23-15)10-25-18(22)13-3-5-21-17-12(13)2-4-20-17/h2-5,8-9H,1,6-7,10H2,(H,20,21). The van der Waals surface area contributed by atoms with Crippen LogP contribution in [0.4, 0.5) is 0 Å². The van der Waals surface area contributed by atoms with Crippen molar-refractivity contribution in [2.75, 3.05) is 13.2 Å². The number of rotatable bonds is 3. The maximum atomic E-state index is 12.4. The molecule has 2 aromatic heterocycles. The number of benzene rings is 1. The molecule has 0 aliphatic carbocycles. The van der Waals surface area contributed by atoms with Crippen LogP contribution < -0.4 is 9.47 Å². The van der Waals surface area contributed by atoms with Crippen molar-refractivity contribution in [3.63, 3.8) is 0 Å². The van der Waals surface area contributed by atoms with Crippen LogP contribution in [0.2, 0.25) is 5.02 Å². The second kappa shape index (κ2) is 6.64. The van der Waals surface area contributed by atoms with Gasteiger partial charge in [-0.1, -0.05) is 11.6 Å². The molecular weight excluding hydrogens is 344 g/mol. The molecular formula is C18H15ClN2O4. The van der Waals surface area contributed by atoms with Gasteiger partial charge in [0.25, 0.3) is 0 Å². The van der Waals surface area contributed by atoms with Gasteiger partial charge in [-0.25, -0.2) is 9.78 Å². The van der Waals surface area contributed by atoms with E-state index in [9.17, 15) is 4.79 Å². The largest absolute Gasteiger partial charge is 0.489 e. The van der Waals surface area contributed by atoms with Crippen LogP contribution in [-0.2, 0) is 11.3 Å². The number of ether oxygens (including phenoxy) is 3. The van der Waals surface area contributed by atoms with Gasteiger partial charge in [0.15, 0.2) is 11.5 Å². The highest BCUT2D eigenvalue weighted by molar-refractivity contribution is 6.32. The summed E-state index contributed by atoms with van der Waals surface area (Å²) >= 11 is 6.26. The molecule has 4 rings (SSSR count). The Morgan fingerprint density at radius 1 is 1.28 bits per heavy atom. The summed E-state index contributed by atoms with van der Waals surface area (Å²) in [5.74, 6) is 0.695. The number of H-pyrrole nitrogens is 1. The fourth-order valence-corrected chi connectivity index (χ4v) is 3.02. The van der Waals surface area contributed by atoms with E-state index in [1.807, 2.05) is 0 Å². The summed E-state index contributed by atoms with van der Waals surface area (Å²) in [6.45, 7) is 1.22. The highest BCUT2D eigenvalue weighted by Gasteiger charge is 2.17. The van der Waals surface area contributed by atoms with E-state index in [1.165, 1.54) is 0 Å². The number of esters is 1. The van der Waals surface area contributed by atoms with Gasteiger partial charge in [-0.15, -0.1) is 0 Å². The molecule has 1 N–H and O–H groups in total. The van der Waals surface area contributed by atoms with Crippen LogP contribution in [0.1, 0.15) is 22.3 Å². The zero-order valence-electron chi connectivity index (χ0n) is 13.3. The summed E-state index contributed by atoms with van der Waals surface area (Å²) in [5, 5.41) is 1.17. The first-order valence-electron chi connectivity index (χ1n) is 7.89. The summed E-state index contributed by atoms with van der Waals surface area (Å²) in [4.78, 5) is 19.5. The van der Waals surface area contributed by atoms with Gasteiger partial charge in [0.1, 0.15) is 12.3 Å². The fraction of sp³-hybridized carbons (Fsp3) is 0.222. The summed E-state index contributed by atoms with van der Waals surface area (Å²) < 4.78 is 16.7. The number of hydrogen-bond donors (Lipinski definition) is 1. The van der Waals surface area contributed by atoms with Crippen LogP contribution >= 0.6 is 11.6 Å². The number of fused-ring (bicyclic) bond motifs is 2. The average molecular weight is 359 g/mol. The molecule has 25 heavy (non-hydrogen) atoms. The Labute approximate surface area is 148 Å². The molecule has 3 heterocycles. The summed E-state index contributed by atoms with van der Waals surface area (Å²) in [7, 11) is 0. The minimum Gasteiger partial charge on any atom is -0.489 e. The number of aromatic amines is 1. The van der Waals surface area contributed by atoms with Crippen molar-refractivity contribution in [3.8, 4) is 11.5 Å². The average Bonchev–Trinajstić information content (AvgIpc) is 2.97. The number of nitrogens with one attached hydrogen (secondary N) is 1. The first-order valence-corrected chi connectivity index (χ1v) is 8.27. The number of aromatic nitrogens is 2. The van der Waals surface area contributed by atoms with Crippen molar-refractivity contribution in [2.24, 2.45) is 0 Å². The van der Waals surface area contributed by atoms with Gasteiger partial charge >= 0.3 is 5.97 Å². The van der Waals surface area contributed by atoms with Crippen molar-refractivity contribution in [1.82, 2.24) is 9.97 Å². The maximum absolute atomic E-state index is 12.4. The highest BCUT2D eigenvalue weighted by atomic mass is 35.5. The molecule has 6 nitrogen and oxygen atoms in total. The molecule has 0 bridgehead atoms. The monoisotopic (exact) mass is 358 g/mol. The molecule has 0 saturated carbocycles. The van der Waals surface area contributed by atoms with Crippen molar-refractivity contribution in [3.05, 3.63) is 52.8 Å². The number of pyridine rings is 1. The molecule has 1 aliphatic heterocycles. The number of halogens is 1. The lowest BCUT2D eigenvalue weighted by molar-refractivity contribution is 0.0474. The number of carbonyl (C=O) groups is 1. The third-order valence-electron chi connectivity index (χ3n) is 3.91. The van der Waals surface area contributed by atoms with E-state index >= 15 is 0 Å². The minimum absolute atomic E-state index is 0.0867. The topological polar surface area (TPSA) is 73.4 Å². The first kappa shape index (κ1) is 15.8. The molecule has 0 fully saturated rings. The lowest BCUT2D eigenvalue weighted by atomic mass is 10.2. The van der Waals surface area contributed by atoms with Crippen LogP contribution in [0.25, 0.3) is 11.0 Å². The zero-order valence-corrected chi connectivity index (χ0v) is 14.0. The SMILES string of the molecule is O=C(OCc1cc(Cl)c2c(c1)OCCCO2)c1ccnc2[nH]ccc12. The quantitative estimate of drug-likeness (QED) is 0.722. The van der Waals surface area contributed by atoms with E-state index in [0.717, 1.165) is 17.4 Å². The summed E-state index contributed by atoms with van der Waals surface area (Å²) in [6, 6.07) is 6.95. The molecule has 0 radical (unpaired) electrons. The van der Waals surface area contributed by atoms with Gasteiger partial charge in [0.05, 0.1) is 23.8 Å². The Bertz CT molecular complexity index is 938. The Morgan fingerprint density at radius 2 is 2.16 bits per heavy atom. The lowest BCUT2D eigenvalue weighted by Gasteiger charge is -2.12. The van der Waals surface area contributed by atoms with Gasteiger partial charge in [-0.2, -0.15) is 0 Å². The van der Waals surface area contributed by atoms with Crippen LogP contribution in [-0.4, -0.2) is 29.2 Å². The van der Waals surface area contributed by atoms with Gasteiger partial charge < -0.3 is 19.2 Å². The molecule has 1 aromatic carbocycles. The van der Waals surface area contributed by atoms with E-state index in [4.69, 9.17) is 25.8 Å². The van der Waals surface area contributed by atoms with E-state index in [0.29, 0.717) is 40.9 Å². The van der Waals surface area contributed by atoms with Gasteiger partial charge in [-0.05, 0) is 29.8 Å². The highest BCUT2D eigenvalue weighted by Crippen LogP contribution is 2.38. The molecule has 0 amide bonds. The van der Waals surface area contributed by atoms with E-state index < -0.39 is 5.97 Å². The Balaban J connectivity index is 1.53. The number of carbonyl (C=O) groups excluding carboxylic acids is 1. The third-order valence-corrected chi connectivity index (χ3v) is 4.19. The number of hydrogen-bond acceptors (Lipinski definition) is 5.